The Labute approximate surface area is 109 Å². The van der Waals surface area contributed by atoms with Gasteiger partial charge in [-0.1, -0.05) is 18.6 Å². The van der Waals surface area contributed by atoms with Crippen molar-refractivity contribution in [2.24, 2.45) is 5.41 Å². The predicted molar refractivity (Wildman–Crippen MR) is 71.2 cm³/mol. The molecular weight excluding hydrogens is 224 g/mol. The van der Waals surface area contributed by atoms with Crippen molar-refractivity contribution in [1.82, 2.24) is 4.90 Å². The highest BCUT2D eigenvalue weighted by Crippen LogP contribution is 2.40. The van der Waals surface area contributed by atoms with E-state index in [0.717, 1.165) is 31.7 Å². The number of ether oxygens (including phenoxy) is 1. The first-order valence-corrected chi connectivity index (χ1v) is 6.40. The molecule has 0 bridgehead atoms. The molecule has 1 aromatic rings. The molecule has 1 saturated carbocycles. The third-order valence-corrected chi connectivity index (χ3v) is 3.73. The van der Waals surface area contributed by atoms with Crippen LogP contribution in [0.25, 0.3) is 0 Å². The molecule has 0 spiro atoms. The average Bonchev–Trinajstić information content (AvgIpc) is 2.35. The first-order chi connectivity index (χ1) is 8.67. The molecule has 3 heteroatoms. The highest BCUT2D eigenvalue weighted by atomic mass is 16.5. The summed E-state index contributed by atoms with van der Waals surface area (Å²) in [7, 11) is 3.76. The maximum atomic E-state index is 9.23. The van der Waals surface area contributed by atoms with E-state index in [0.29, 0.717) is 0 Å². The Hall–Kier alpha value is -1.53. The highest BCUT2D eigenvalue weighted by Gasteiger charge is 2.37. The lowest BCUT2D eigenvalue weighted by Gasteiger charge is -2.38. The fourth-order valence-corrected chi connectivity index (χ4v) is 2.52. The number of benzene rings is 1. The van der Waals surface area contributed by atoms with E-state index < -0.39 is 0 Å². The quantitative estimate of drug-likeness (QED) is 0.799. The molecule has 1 fully saturated rings. The molecule has 1 aromatic carbocycles. The molecule has 1 aliphatic carbocycles. The summed E-state index contributed by atoms with van der Waals surface area (Å²) in [6.45, 7) is 1.75. The minimum Gasteiger partial charge on any atom is -0.497 e. The Kier molecular flexibility index (Phi) is 3.88. The van der Waals surface area contributed by atoms with E-state index >= 15 is 0 Å². The Balaban J connectivity index is 1.90. The minimum atomic E-state index is -0.0821. The van der Waals surface area contributed by atoms with Crippen LogP contribution >= 0.6 is 0 Å². The van der Waals surface area contributed by atoms with Crippen LogP contribution < -0.4 is 4.74 Å². The van der Waals surface area contributed by atoms with Crippen molar-refractivity contribution < 1.29 is 4.74 Å². The van der Waals surface area contributed by atoms with Crippen LogP contribution in [-0.2, 0) is 6.54 Å². The summed E-state index contributed by atoms with van der Waals surface area (Å²) in [5.74, 6) is 0.883. The second kappa shape index (κ2) is 5.41. The molecule has 1 aliphatic rings. The molecule has 0 radical (unpaired) electrons. The van der Waals surface area contributed by atoms with E-state index in [1.54, 1.807) is 7.11 Å². The van der Waals surface area contributed by atoms with Crippen molar-refractivity contribution in [2.75, 3.05) is 20.7 Å². The summed E-state index contributed by atoms with van der Waals surface area (Å²) in [5.41, 5.74) is 1.17. The summed E-state index contributed by atoms with van der Waals surface area (Å²) in [5, 5.41) is 9.23. The average molecular weight is 244 g/mol. The number of hydrogen-bond acceptors (Lipinski definition) is 3. The van der Waals surface area contributed by atoms with Crippen molar-refractivity contribution in [3.05, 3.63) is 29.8 Å². The van der Waals surface area contributed by atoms with Crippen molar-refractivity contribution in [1.29, 1.82) is 5.26 Å². The molecule has 2 rings (SSSR count). The van der Waals surface area contributed by atoms with Gasteiger partial charge in [0.15, 0.2) is 0 Å². The Morgan fingerprint density at radius 3 is 2.44 bits per heavy atom. The van der Waals surface area contributed by atoms with Gasteiger partial charge in [-0.05, 0) is 37.6 Å². The molecule has 0 atom stereocenters. The highest BCUT2D eigenvalue weighted by molar-refractivity contribution is 5.27. The van der Waals surface area contributed by atoms with Crippen LogP contribution in [-0.4, -0.2) is 25.6 Å². The number of hydrogen-bond donors (Lipinski definition) is 0. The molecule has 3 nitrogen and oxygen atoms in total. The molecule has 0 amide bonds. The fourth-order valence-electron chi connectivity index (χ4n) is 2.52. The summed E-state index contributed by atoms with van der Waals surface area (Å²) < 4.78 is 5.14. The van der Waals surface area contributed by atoms with Gasteiger partial charge in [-0.15, -0.1) is 0 Å². The van der Waals surface area contributed by atoms with Gasteiger partial charge >= 0.3 is 0 Å². The normalized spacial score (nSPS) is 17.0. The van der Waals surface area contributed by atoms with Crippen molar-refractivity contribution in [3.63, 3.8) is 0 Å². The Morgan fingerprint density at radius 1 is 1.33 bits per heavy atom. The lowest BCUT2D eigenvalue weighted by molar-refractivity contribution is 0.134. The molecule has 0 unspecified atom stereocenters. The van der Waals surface area contributed by atoms with E-state index in [9.17, 15) is 5.26 Å². The van der Waals surface area contributed by atoms with E-state index in [-0.39, 0.29) is 5.41 Å². The Morgan fingerprint density at radius 2 is 2.00 bits per heavy atom. The predicted octanol–water partition coefficient (Wildman–Crippen LogP) is 2.82. The molecule has 0 heterocycles. The zero-order valence-corrected chi connectivity index (χ0v) is 11.1. The van der Waals surface area contributed by atoms with E-state index in [2.05, 4.69) is 30.1 Å². The minimum absolute atomic E-state index is 0.0821. The zero-order valence-electron chi connectivity index (χ0n) is 11.1. The number of methoxy groups -OCH3 is 1. The molecule has 0 aromatic heterocycles. The van der Waals surface area contributed by atoms with E-state index in [1.807, 2.05) is 12.1 Å². The standard InChI is InChI=1S/C15H20N2O/c1-17(12-15(11-16)8-3-9-15)10-13-4-6-14(18-2)7-5-13/h4-7H,3,8-10,12H2,1-2H3. The van der Waals surface area contributed by atoms with Crippen LogP contribution in [0.15, 0.2) is 24.3 Å². The largest absolute Gasteiger partial charge is 0.497 e. The summed E-state index contributed by atoms with van der Waals surface area (Å²) >= 11 is 0. The Bertz CT molecular complexity index is 429. The second-order valence-electron chi connectivity index (χ2n) is 5.27. The molecule has 18 heavy (non-hydrogen) atoms. The number of nitriles is 1. The van der Waals surface area contributed by atoms with Gasteiger partial charge in [0.1, 0.15) is 5.75 Å². The number of nitrogens with zero attached hydrogens (tertiary/aromatic N) is 2. The first-order valence-electron chi connectivity index (χ1n) is 6.40. The second-order valence-corrected chi connectivity index (χ2v) is 5.27. The first kappa shape index (κ1) is 12.9. The van der Waals surface area contributed by atoms with Crippen LogP contribution in [0.3, 0.4) is 0 Å². The summed E-state index contributed by atoms with van der Waals surface area (Å²) in [6.07, 6.45) is 3.30. The molecular formula is C15H20N2O. The fraction of sp³-hybridized carbons (Fsp3) is 0.533. The van der Waals surface area contributed by atoms with Gasteiger partial charge in [0.05, 0.1) is 18.6 Å². The van der Waals surface area contributed by atoms with Gasteiger partial charge in [0.2, 0.25) is 0 Å². The van der Waals surface area contributed by atoms with Gasteiger partial charge < -0.3 is 9.64 Å². The number of rotatable bonds is 5. The lowest BCUT2D eigenvalue weighted by Crippen LogP contribution is -2.39. The zero-order chi connectivity index (χ0) is 13.0. The van der Waals surface area contributed by atoms with Gasteiger partial charge in [-0.25, -0.2) is 0 Å². The van der Waals surface area contributed by atoms with Crippen LogP contribution in [0.4, 0.5) is 0 Å². The van der Waals surface area contributed by atoms with Crippen molar-refractivity contribution in [3.8, 4) is 11.8 Å². The van der Waals surface area contributed by atoms with Crippen LogP contribution in [0, 0.1) is 16.7 Å². The topological polar surface area (TPSA) is 36.3 Å². The van der Waals surface area contributed by atoms with Gasteiger partial charge in [-0.2, -0.15) is 5.26 Å². The summed E-state index contributed by atoms with van der Waals surface area (Å²) in [6, 6.07) is 10.6. The van der Waals surface area contributed by atoms with Crippen LogP contribution in [0.5, 0.6) is 5.75 Å². The third-order valence-electron chi connectivity index (χ3n) is 3.73. The van der Waals surface area contributed by atoms with Gasteiger partial charge in [0.25, 0.3) is 0 Å². The molecule has 0 saturated heterocycles. The lowest BCUT2D eigenvalue weighted by atomic mass is 9.69. The van der Waals surface area contributed by atoms with Gasteiger partial charge in [0, 0.05) is 13.1 Å². The van der Waals surface area contributed by atoms with E-state index in [1.165, 1.54) is 12.0 Å². The molecule has 0 N–H and O–H groups in total. The van der Waals surface area contributed by atoms with Crippen LogP contribution in [0.1, 0.15) is 24.8 Å². The molecule has 0 aliphatic heterocycles. The smallest absolute Gasteiger partial charge is 0.118 e. The van der Waals surface area contributed by atoms with Gasteiger partial charge in [-0.3, -0.25) is 0 Å². The maximum Gasteiger partial charge on any atom is 0.118 e. The SMILES string of the molecule is COc1ccc(CN(C)CC2(C#N)CCC2)cc1. The molecule has 96 valence electrons. The van der Waals surface area contributed by atoms with Crippen LogP contribution in [0.2, 0.25) is 0 Å². The third kappa shape index (κ3) is 2.83. The van der Waals surface area contributed by atoms with E-state index in [4.69, 9.17) is 4.74 Å². The summed E-state index contributed by atoms with van der Waals surface area (Å²) in [4.78, 5) is 2.24. The van der Waals surface area contributed by atoms with Crippen molar-refractivity contribution in [2.45, 2.75) is 25.8 Å². The van der Waals surface area contributed by atoms with Crippen molar-refractivity contribution >= 4 is 0 Å². The maximum absolute atomic E-state index is 9.23. The monoisotopic (exact) mass is 244 g/mol.